The van der Waals surface area contributed by atoms with Gasteiger partial charge in [0.1, 0.15) is 11.3 Å². The van der Waals surface area contributed by atoms with Gasteiger partial charge in [0.05, 0.1) is 23.7 Å². The summed E-state index contributed by atoms with van der Waals surface area (Å²) >= 11 is 0. The highest BCUT2D eigenvalue weighted by atomic mass is 32.2. The van der Waals surface area contributed by atoms with Crippen LogP contribution in [0, 0.1) is 27.7 Å². The van der Waals surface area contributed by atoms with E-state index < -0.39 is 16.0 Å². The van der Waals surface area contributed by atoms with Gasteiger partial charge >= 0.3 is 5.97 Å². The molecule has 0 aliphatic rings. The van der Waals surface area contributed by atoms with Gasteiger partial charge in [-0.25, -0.2) is 17.9 Å². The van der Waals surface area contributed by atoms with Crippen LogP contribution in [0.3, 0.4) is 0 Å². The molecule has 3 rings (SSSR count). The summed E-state index contributed by atoms with van der Waals surface area (Å²) in [4.78, 5) is 12.2. The summed E-state index contributed by atoms with van der Waals surface area (Å²) in [5.74, 6) is -0.196. The van der Waals surface area contributed by atoms with Crippen molar-refractivity contribution in [2.75, 3.05) is 11.3 Å². The molecule has 10 heteroatoms. The minimum atomic E-state index is -3.83. The number of nitrogens with zero attached hydrogens (tertiary/aromatic N) is 3. The number of esters is 1. The molecule has 0 spiro atoms. The van der Waals surface area contributed by atoms with Gasteiger partial charge < -0.3 is 9.26 Å². The zero-order valence-corrected chi connectivity index (χ0v) is 17.6. The third kappa shape index (κ3) is 3.88. The molecule has 2 aromatic heterocycles. The Morgan fingerprint density at radius 2 is 1.79 bits per heavy atom. The second-order valence-corrected chi connectivity index (χ2v) is 8.10. The number of carbonyl (C=O) groups excluding carboxylic acids is 1. The monoisotopic (exact) mass is 418 g/mol. The molecular weight excluding hydrogens is 396 g/mol. The Balaban J connectivity index is 1.88. The molecule has 0 aliphatic heterocycles. The molecular formula is C19H22N4O5S. The van der Waals surface area contributed by atoms with Crippen molar-refractivity contribution in [1.29, 1.82) is 0 Å². The van der Waals surface area contributed by atoms with Gasteiger partial charge in [0.15, 0.2) is 10.7 Å². The first-order chi connectivity index (χ1) is 13.7. The van der Waals surface area contributed by atoms with Gasteiger partial charge in [0, 0.05) is 5.69 Å². The van der Waals surface area contributed by atoms with Crippen molar-refractivity contribution < 1.29 is 22.5 Å². The minimum Gasteiger partial charge on any atom is -0.462 e. The first-order valence-corrected chi connectivity index (χ1v) is 10.4. The third-order valence-corrected chi connectivity index (χ3v) is 6.00. The fraction of sp³-hybridized carbons (Fsp3) is 0.316. The Labute approximate surface area is 168 Å². The third-order valence-electron chi connectivity index (χ3n) is 4.37. The van der Waals surface area contributed by atoms with Gasteiger partial charge in [0.25, 0.3) is 10.0 Å². The average molecular weight is 418 g/mol. The fourth-order valence-corrected chi connectivity index (χ4v) is 4.52. The molecule has 0 saturated heterocycles. The predicted octanol–water partition coefficient (Wildman–Crippen LogP) is 3.07. The maximum Gasteiger partial charge on any atom is 0.341 e. The lowest BCUT2D eigenvalue weighted by Gasteiger charge is -2.09. The second kappa shape index (κ2) is 7.70. The van der Waals surface area contributed by atoms with Crippen molar-refractivity contribution in [3.63, 3.8) is 0 Å². The molecule has 3 aromatic rings. The maximum atomic E-state index is 12.6. The SMILES string of the molecule is CCOC(=O)c1c(C)nn(-c2ccc(NS(=O)(=O)c3c(C)noc3C)cc2)c1C. The van der Waals surface area contributed by atoms with Crippen LogP contribution in [0.25, 0.3) is 5.69 Å². The zero-order valence-electron chi connectivity index (χ0n) is 16.8. The van der Waals surface area contributed by atoms with Gasteiger partial charge in [0.2, 0.25) is 0 Å². The first kappa shape index (κ1) is 20.6. The van der Waals surface area contributed by atoms with Crippen LogP contribution in [-0.4, -0.2) is 35.9 Å². The van der Waals surface area contributed by atoms with Crippen LogP contribution < -0.4 is 4.72 Å². The number of carbonyl (C=O) groups is 1. The summed E-state index contributed by atoms with van der Waals surface area (Å²) < 4.78 is 39.4. The highest BCUT2D eigenvalue weighted by Crippen LogP contribution is 2.24. The van der Waals surface area contributed by atoms with E-state index in [0.717, 1.165) is 0 Å². The van der Waals surface area contributed by atoms with Crippen molar-refractivity contribution >= 4 is 21.7 Å². The number of anilines is 1. The molecule has 1 N–H and O–H groups in total. The molecule has 2 heterocycles. The van der Waals surface area contributed by atoms with Crippen LogP contribution in [0.5, 0.6) is 0 Å². The lowest BCUT2D eigenvalue weighted by molar-refractivity contribution is 0.0524. The van der Waals surface area contributed by atoms with Crippen LogP contribution in [-0.2, 0) is 14.8 Å². The minimum absolute atomic E-state index is 0.0270. The number of rotatable bonds is 6. The Morgan fingerprint density at radius 3 is 2.34 bits per heavy atom. The maximum absolute atomic E-state index is 12.6. The highest BCUT2D eigenvalue weighted by Gasteiger charge is 2.24. The molecule has 0 radical (unpaired) electrons. The Hall–Kier alpha value is -3.14. The number of ether oxygens (including phenoxy) is 1. The number of benzene rings is 1. The van der Waals surface area contributed by atoms with Gasteiger partial charge in [-0.3, -0.25) is 4.72 Å². The quantitative estimate of drug-likeness (QED) is 0.612. The van der Waals surface area contributed by atoms with Crippen molar-refractivity contribution in [2.45, 2.75) is 39.5 Å². The van der Waals surface area contributed by atoms with E-state index in [1.165, 1.54) is 0 Å². The molecule has 0 amide bonds. The summed E-state index contributed by atoms with van der Waals surface area (Å²) in [6, 6.07) is 6.65. The molecule has 0 aliphatic carbocycles. The van der Waals surface area contributed by atoms with E-state index in [9.17, 15) is 13.2 Å². The number of hydrogen-bond donors (Lipinski definition) is 1. The lowest BCUT2D eigenvalue weighted by atomic mass is 10.2. The van der Waals surface area contributed by atoms with Crippen molar-refractivity contribution in [3.8, 4) is 5.69 Å². The van der Waals surface area contributed by atoms with Crippen molar-refractivity contribution in [1.82, 2.24) is 14.9 Å². The van der Waals surface area contributed by atoms with Crippen molar-refractivity contribution in [3.05, 3.63) is 52.7 Å². The molecule has 0 atom stereocenters. The molecule has 1 aromatic carbocycles. The van der Waals surface area contributed by atoms with Crippen LogP contribution in [0.2, 0.25) is 0 Å². The van der Waals surface area contributed by atoms with E-state index >= 15 is 0 Å². The van der Waals surface area contributed by atoms with E-state index in [0.29, 0.717) is 34.0 Å². The number of aromatic nitrogens is 3. The molecule has 0 fully saturated rings. The van der Waals surface area contributed by atoms with Gasteiger partial charge in [-0.15, -0.1) is 0 Å². The largest absolute Gasteiger partial charge is 0.462 e. The van der Waals surface area contributed by atoms with E-state index in [-0.39, 0.29) is 17.3 Å². The Bertz CT molecular complexity index is 1140. The Kier molecular flexibility index (Phi) is 5.47. The van der Waals surface area contributed by atoms with E-state index in [1.54, 1.807) is 63.6 Å². The fourth-order valence-electron chi connectivity index (χ4n) is 3.13. The molecule has 0 saturated carbocycles. The Morgan fingerprint density at radius 1 is 1.14 bits per heavy atom. The first-order valence-electron chi connectivity index (χ1n) is 8.95. The second-order valence-electron chi connectivity index (χ2n) is 6.48. The van der Waals surface area contributed by atoms with Crippen LogP contribution in [0.1, 0.15) is 40.1 Å². The molecule has 154 valence electrons. The highest BCUT2D eigenvalue weighted by molar-refractivity contribution is 7.92. The van der Waals surface area contributed by atoms with E-state index in [4.69, 9.17) is 9.26 Å². The summed E-state index contributed by atoms with van der Waals surface area (Å²) in [5.41, 5.74) is 2.98. The molecule has 9 nitrogen and oxygen atoms in total. The number of aryl methyl sites for hydroxylation is 3. The van der Waals surface area contributed by atoms with Gasteiger partial charge in [-0.05, 0) is 58.9 Å². The normalized spacial score (nSPS) is 11.5. The predicted molar refractivity (Wildman–Crippen MR) is 106 cm³/mol. The van der Waals surface area contributed by atoms with Crippen molar-refractivity contribution in [2.24, 2.45) is 0 Å². The number of nitrogens with one attached hydrogen (secondary N) is 1. The number of sulfonamides is 1. The molecule has 29 heavy (non-hydrogen) atoms. The lowest BCUT2D eigenvalue weighted by Crippen LogP contribution is -2.14. The summed E-state index contributed by atoms with van der Waals surface area (Å²) in [5, 5.41) is 8.09. The van der Waals surface area contributed by atoms with E-state index in [1.807, 2.05) is 0 Å². The smallest absolute Gasteiger partial charge is 0.341 e. The molecule has 0 unspecified atom stereocenters. The van der Waals surface area contributed by atoms with Crippen LogP contribution >= 0.6 is 0 Å². The van der Waals surface area contributed by atoms with E-state index in [2.05, 4.69) is 15.0 Å². The van der Waals surface area contributed by atoms with Crippen LogP contribution in [0.4, 0.5) is 5.69 Å². The number of hydrogen-bond acceptors (Lipinski definition) is 7. The summed E-state index contributed by atoms with van der Waals surface area (Å²) in [7, 11) is -3.83. The zero-order chi connectivity index (χ0) is 21.3. The standard InChI is InChI=1S/C19H22N4O5S/c1-6-27-19(24)17-11(2)20-23(13(17)4)16-9-7-15(8-10-16)22-29(25,26)18-12(3)21-28-14(18)5/h7-10,22H,6H2,1-5H3. The summed E-state index contributed by atoms with van der Waals surface area (Å²) in [6.45, 7) is 8.65. The molecule has 0 bridgehead atoms. The summed E-state index contributed by atoms with van der Waals surface area (Å²) in [6.07, 6.45) is 0. The van der Waals surface area contributed by atoms with Gasteiger partial charge in [-0.2, -0.15) is 5.10 Å². The average Bonchev–Trinajstić information content (AvgIpc) is 3.14. The van der Waals surface area contributed by atoms with Crippen LogP contribution in [0.15, 0.2) is 33.7 Å². The topological polar surface area (TPSA) is 116 Å². The van der Waals surface area contributed by atoms with Gasteiger partial charge in [-0.1, -0.05) is 5.16 Å².